The van der Waals surface area contributed by atoms with E-state index in [9.17, 15) is 14.7 Å². The van der Waals surface area contributed by atoms with Crippen molar-refractivity contribution in [2.75, 3.05) is 4.90 Å². The number of piperidine rings is 1. The average Bonchev–Trinajstić information content (AvgIpc) is 2.79. The number of anilines is 1. The lowest BCUT2D eigenvalue weighted by atomic mass is 9.76. The van der Waals surface area contributed by atoms with E-state index in [0.29, 0.717) is 18.5 Å². The van der Waals surface area contributed by atoms with Crippen LogP contribution in [0, 0.1) is 12.3 Å². The van der Waals surface area contributed by atoms with Gasteiger partial charge in [0.25, 0.3) is 0 Å². The lowest BCUT2D eigenvalue weighted by molar-refractivity contribution is -0.133. The Morgan fingerprint density at radius 1 is 1.10 bits per heavy atom. The number of aromatic hydroxyl groups is 1. The van der Waals surface area contributed by atoms with E-state index in [4.69, 9.17) is 0 Å². The number of phenols is 1. The number of amides is 2. The molecule has 1 aromatic carbocycles. The Morgan fingerprint density at radius 3 is 2.25 bits per heavy atom. The Labute approximate surface area is 118 Å². The van der Waals surface area contributed by atoms with Crippen molar-refractivity contribution < 1.29 is 14.7 Å². The summed E-state index contributed by atoms with van der Waals surface area (Å²) in [5.74, 6) is -0.0516. The highest BCUT2D eigenvalue weighted by Crippen LogP contribution is 2.47. The van der Waals surface area contributed by atoms with Crippen molar-refractivity contribution in [1.82, 2.24) is 0 Å². The number of nitrogens with zero attached hydrogens (tertiary/aromatic N) is 1. The first-order chi connectivity index (χ1) is 9.51. The van der Waals surface area contributed by atoms with Gasteiger partial charge in [-0.15, -0.1) is 0 Å². The minimum absolute atomic E-state index is 0.0739. The predicted octanol–water partition coefficient (Wildman–Crippen LogP) is 2.91. The zero-order valence-corrected chi connectivity index (χ0v) is 11.7. The number of aryl methyl sites for hydroxylation is 1. The molecule has 1 N–H and O–H groups in total. The van der Waals surface area contributed by atoms with Gasteiger partial charge >= 0.3 is 0 Å². The molecular weight excluding hydrogens is 254 g/mol. The smallest absolute Gasteiger partial charge is 0.234 e. The summed E-state index contributed by atoms with van der Waals surface area (Å²) < 4.78 is 0. The number of imide groups is 1. The normalized spacial score (nSPS) is 21.8. The fraction of sp³-hybridized carbons (Fsp3) is 0.500. The summed E-state index contributed by atoms with van der Waals surface area (Å²) in [7, 11) is 0. The van der Waals surface area contributed by atoms with E-state index in [2.05, 4.69) is 0 Å². The first-order valence-corrected chi connectivity index (χ1v) is 7.16. The van der Waals surface area contributed by atoms with E-state index in [0.717, 1.165) is 31.2 Å². The van der Waals surface area contributed by atoms with E-state index < -0.39 is 0 Å². The van der Waals surface area contributed by atoms with Gasteiger partial charge < -0.3 is 5.11 Å². The van der Waals surface area contributed by atoms with Gasteiger partial charge in [-0.2, -0.15) is 0 Å². The van der Waals surface area contributed by atoms with Crippen LogP contribution in [0.25, 0.3) is 0 Å². The minimum Gasteiger partial charge on any atom is -0.508 e. The predicted molar refractivity (Wildman–Crippen MR) is 75.5 cm³/mol. The van der Waals surface area contributed by atoms with Gasteiger partial charge in [-0.25, -0.2) is 0 Å². The van der Waals surface area contributed by atoms with Gasteiger partial charge in [-0.05, 0) is 48.9 Å². The first-order valence-electron chi connectivity index (χ1n) is 7.16. The Bertz CT molecular complexity index is 553. The lowest BCUT2D eigenvalue weighted by Gasteiger charge is -2.37. The third-order valence-electron chi connectivity index (χ3n) is 4.64. The molecule has 1 heterocycles. The summed E-state index contributed by atoms with van der Waals surface area (Å²) in [5.41, 5.74) is 1.27. The number of phenolic OH excluding ortho intramolecular Hbond substituents is 1. The van der Waals surface area contributed by atoms with Crippen LogP contribution in [0.15, 0.2) is 18.2 Å². The Kier molecular flexibility index (Phi) is 3.04. The molecule has 3 rings (SSSR count). The van der Waals surface area contributed by atoms with Gasteiger partial charge in [-0.3, -0.25) is 14.5 Å². The van der Waals surface area contributed by atoms with Crippen LogP contribution in [0.2, 0.25) is 0 Å². The molecule has 1 aliphatic heterocycles. The molecular formula is C16H19NO3. The van der Waals surface area contributed by atoms with Crippen molar-refractivity contribution in [1.29, 1.82) is 0 Å². The van der Waals surface area contributed by atoms with Crippen molar-refractivity contribution in [2.45, 2.75) is 45.4 Å². The monoisotopic (exact) mass is 273 g/mol. The molecule has 0 radical (unpaired) electrons. The third kappa shape index (κ3) is 2.09. The Balaban J connectivity index is 1.91. The molecule has 106 valence electrons. The van der Waals surface area contributed by atoms with E-state index in [-0.39, 0.29) is 23.0 Å². The summed E-state index contributed by atoms with van der Waals surface area (Å²) in [6.07, 6.45) is 5.18. The molecule has 2 amide bonds. The van der Waals surface area contributed by atoms with Crippen LogP contribution in [0.5, 0.6) is 5.75 Å². The summed E-state index contributed by atoms with van der Waals surface area (Å²) in [6, 6.07) is 4.74. The second kappa shape index (κ2) is 4.62. The Morgan fingerprint density at radius 2 is 1.70 bits per heavy atom. The van der Waals surface area contributed by atoms with Crippen LogP contribution in [-0.4, -0.2) is 16.9 Å². The van der Waals surface area contributed by atoms with Gasteiger partial charge in [0.2, 0.25) is 11.8 Å². The minimum atomic E-state index is -0.100. The maximum Gasteiger partial charge on any atom is 0.234 e. The van der Waals surface area contributed by atoms with Crippen LogP contribution in [0.4, 0.5) is 5.69 Å². The van der Waals surface area contributed by atoms with E-state index in [1.54, 1.807) is 19.1 Å². The molecule has 0 bridgehead atoms. The molecule has 1 aromatic rings. The molecule has 1 spiro atoms. The molecule has 4 heteroatoms. The molecule has 1 saturated heterocycles. The molecule has 0 atom stereocenters. The molecule has 2 fully saturated rings. The highest BCUT2D eigenvalue weighted by atomic mass is 16.3. The number of carbonyl (C=O) groups is 2. The quantitative estimate of drug-likeness (QED) is 0.800. The van der Waals surface area contributed by atoms with Crippen LogP contribution in [0.3, 0.4) is 0 Å². The van der Waals surface area contributed by atoms with Crippen LogP contribution < -0.4 is 4.90 Å². The molecule has 1 saturated carbocycles. The van der Waals surface area contributed by atoms with Gasteiger partial charge in [0, 0.05) is 12.8 Å². The summed E-state index contributed by atoms with van der Waals surface area (Å²) in [5, 5.41) is 9.45. The SMILES string of the molecule is Cc1cc(O)ccc1N1C(=O)CC2(CCCC2)CC1=O. The van der Waals surface area contributed by atoms with Crippen molar-refractivity contribution >= 4 is 17.5 Å². The fourth-order valence-corrected chi connectivity index (χ4v) is 3.64. The van der Waals surface area contributed by atoms with Crippen LogP contribution in [-0.2, 0) is 9.59 Å². The molecule has 2 aliphatic rings. The molecule has 20 heavy (non-hydrogen) atoms. The number of rotatable bonds is 1. The van der Waals surface area contributed by atoms with E-state index in [1.807, 2.05) is 0 Å². The summed E-state index contributed by atoms with van der Waals surface area (Å²) in [4.78, 5) is 26.2. The zero-order chi connectivity index (χ0) is 14.3. The van der Waals surface area contributed by atoms with Crippen molar-refractivity contribution in [3.8, 4) is 5.75 Å². The fourth-order valence-electron chi connectivity index (χ4n) is 3.64. The maximum absolute atomic E-state index is 12.4. The van der Waals surface area contributed by atoms with E-state index >= 15 is 0 Å². The maximum atomic E-state index is 12.4. The molecule has 1 aliphatic carbocycles. The first kappa shape index (κ1) is 13.2. The van der Waals surface area contributed by atoms with Gasteiger partial charge in [-0.1, -0.05) is 12.8 Å². The molecule has 0 aromatic heterocycles. The number of hydrogen-bond donors (Lipinski definition) is 1. The largest absolute Gasteiger partial charge is 0.508 e. The van der Waals surface area contributed by atoms with Crippen LogP contribution in [0.1, 0.15) is 44.1 Å². The molecule has 0 unspecified atom stereocenters. The highest BCUT2D eigenvalue weighted by molar-refractivity contribution is 6.17. The number of benzene rings is 1. The summed E-state index contributed by atoms with van der Waals surface area (Å²) in [6.45, 7) is 1.80. The zero-order valence-electron chi connectivity index (χ0n) is 11.7. The second-order valence-corrected chi connectivity index (χ2v) is 6.15. The standard InChI is InChI=1S/C16H19NO3/c1-11-8-12(18)4-5-13(11)17-14(19)9-16(10-15(17)20)6-2-3-7-16/h4-5,8,18H,2-3,6-7,9-10H2,1H3. The summed E-state index contributed by atoms with van der Waals surface area (Å²) >= 11 is 0. The van der Waals surface area contributed by atoms with Gasteiger partial charge in [0.05, 0.1) is 5.69 Å². The van der Waals surface area contributed by atoms with E-state index in [1.165, 1.54) is 11.0 Å². The van der Waals surface area contributed by atoms with Crippen molar-refractivity contribution in [2.24, 2.45) is 5.41 Å². The average molecular weight is 273 g/mol. The van der Waals surface area contributed by atoms with Gasteiger partial charge in [0.1, 0.15) is 5.75 Å². The number of carbonyl (C=O) groups excluding carboxylic acids is 2. The van der Waals surface area contributed by atoms with Crippen LogP contribution >= 0.6 is 0 Å². The lowest BCUT2D eigenvalue weighted by Crippen LogP contribution is -2.47. The van der Waals surface area contributed by atoms with Crippen molar-refractivity contribution in [3.63, 3.8) is 0 Å². The second-order valence-electron chi connectivity index (χ2n) is 6.15. The topological polar surface area (TPSA) is 57.6 Å². The molecule has 4 nitrogen and oxygen atoms in total. The highest BCUT2D eigenvalue weighted by Gasteiger charge is 2.45. The van der Waals surface area contributed by atoms with Crippen molar-refractivity contribution in [3.05, 3.63) is 23.8 Å². The van der Waals surface area contributed by atoms with Gasteiger partial charge in [0.15, 0.2) is 0 Å². The number of hydrogen-bond acceptors (Lipinski definition) is 3. The Hall–Kier alpha value is -1.84. The third-order valence-corrected chi connectivity index (χ3v) is 4.64.